The molecule has 0 N–H and O–H groups in total. The van der Waals surface area contributed by atoms with Gasteiger partial charge in [0.25, 0.3) is 0 Å². The SMILES string of the molecule is C=CC(=O)OCCOc1ccc2cc(C3(c4ccc5ccccc5c4)c4cc5ccccc5cc4-c4cc5ccccc5cc43)ccc2c1. The van der Waals surface area contributed by atoms with Crippen LogP contribution in [0.15, 0.2) is 164 Å². The van der Waals surface area contributed by atoms with Crippen molar-refractivity contribution in [1.29, 1.82) is 0 Å². The molecule has 3 nitrogen and oxygen atoms in total. The highest BCUT2D eigenvalue weighted by Gasteiger charge is 2.46. The van der Waals surface area contributed by atoms with Crippen molar-refractivity contribution in [2.24, 2.45) is 0 Å². The molecule has 0 fully saturated rings. The Bertz CT molecular complexity index is 2530. The summed E-state index contributed by atoms with van der Waals surface area (Å²) in [6.45, 7) is 3.87. The highest BCUT2D eigenvalue weighted by molar-refractivity contribution is 6.01. The largest absolute Gasteiger partial charge is 0.490 e. The molecule has 1 aliphatic carbocycles. The summed E-state index contributed by atoms with van der Waals surface area (Å²) in [5.74, 6) is 0.277. The Morgan fingerprint density at radius 2 is 0.959 bits per heavy atom. The molecule has 0 spiro atoms. The summed E-state index contributed by atoms with van der Waals surface area (Å²) >= 11 is 0. The first-order valence-corrected chi connectivity index (χ1v) is 16.6. The Morgan fingerprint density at radius 3 is 1.53 bits per heavy atom. The quantitative estimate of drug-likeness (QED) is 0.0996. The van der Waals surface area contributed by atoms with Gasteiger partial charge in [0, 0.05) is 6.08 Å². The first-order chi connectivity index (χ1) is 24.1. The minimum Gasteiger partial charge on any atom is -0.490 e. The lowest BCUT2D eigenvalue weighted by Crippen LogP contribution is -2.28. The van der Waals surface area contributed by atoms with E-state index in [0.29, 0.717) is 0 Å². The van der Waals surface area contributed by atoms with Crippen molar-refractivity contribution in [3.8, 4) is 16.9 Å². The Kier molecular flexibility index (Phi) is 6.80. The molecule has 0 aromatic heterocycles. The second-order valence-electron chi connectivity index (χ2n) is 12.7. The zero-order chi connectivity index (χ0) is 33.0. The van der Waals surface area contributed by atoms with E-state index in [4.69, 9.17) is 9.47 Å². The third-order valence-electron chi connectivity index (χ3n) is 10.1. The Balaban J connectivity index is 1.29. The van der Waals surface area contributed by atoms with Crippen LogP contribution in [0.2, 0.25) is 0 Å². The topological polar surface area (TPSA) is 35.5 Å². The highest BCUT2D eigenvalue weighted by Crippen LogP contribution is 2.58. The average molecular weight is 633 g/mol. The normalized spacial score (nSPS) is 13.0. The molecule has 1 aliphatic rings. The molecule has 0 saturated carbocycles. The molecule has 0 aliphatic heterocycles. The van der Waals surface area contributed by atoms with E-state index in [0.717, 1.165) is 22.6 Å². The maximum atomic E-state index is 11.4. The number of esters is 1. The number of carbonyl (C=O) groups is 1. The fourth-order valence-electron chi connectivity index (χ4n) is 7.81. The van der Waals surface area contributed by atoms with E-state index in [2.05, 4.69) is 152 Å². The van der Waals surface area contributed by atoms with Crippen LogP contribution in [0.3, 0.4) is 0 Å². The van der Waals surface area contributed by atoms with Gasteiger partial charge in [-0.1, -0.05) is 110 Å². The standard InChI is InChI=1S/C46H32O3/c1-2-45(47)49-22-21-48-40-20-17-36-24-39(19-16-37(36)25-40)46(38-18-15-30-9-3-4-10-31(30)23-38)43-28-34-13-7-5-11-32(34)26-41(43)42-27-33-12-6-8-14-35(33)29-44(42)46/h2-20,23-29H,1,21-22H2. The molecule has 0 amide bonds. The summed E-state index contributed by atoms with van der Waals surface area (Å²) in [6.07, 6.45) is 1.16. The maximum absolute atomic E-state index is 11.4. The molecule has 49 heavy (non-hydrogen) atoms. The lowest BCUT2D eigenvalue weighted by Gasteiger charge is -2.34. The van der Waals surface area contributed by atoms with Crippen LogP contribution in [0.4, 0.5) is 0 Å². The zero-order valence-electron chi connectivity index (χ0n) is 26.9. The van der Waals surface area contributed by atoms with Crippen LogP contribution in [0.5, 0.6) is 5.75 Å². The lowest BCUT2D eigenvalue weighted by atomic mass is 9.66. The molecule has 0 saturated heterocycles. The predicted molar refractivity (Wildman–Crippen MR) is 200 cm³/mol. The summed E-state index contributed by atoms with van der Waals surface area (Å²) in [6, 6.07) is 55.6. The Hall–Kier alpha value is -6.19. The summed E-state index contributed by atoms with van der Waals surface area (Å²) in [7, 11) is 0. The van der Waals surface area contributed by atoms with Crippen molar-refractivity contribution in [2.75, 3.05) is 13.2 Å². The predicted octanol–water partition coefficient (Wildman–Crippen LogP) is 10.8. The number of ether oxygens (including phenoxy) is 2. The minimum atomic E-state index is -0.568. The molecule has 9 rings (SSSR count). The lowest BCUT2D eigenvalue weighted by molar-refractivity contribution is -0.138. The molecule has 3 heteroatoms. The van der Waals surface area contributed by atoms with E-state index in [1.165, 1.54) is 65.7 Å². The number of fused-ring (bicyclic) bond motifs is 7. The summed E-state index contributed by atoms with van der Waals surface area (Å²) in [4.78, 5) is 11.4. The molecule has 0 bridgehead atoms. The van der Waals surface area contributed by atoms with Crippen LogP contribution >= 0.6 is 0 Å². The van der Waals surface area contributed by atoms with Crippen LogP contribution < -0.4 is 4.74 Å². The monoisotopic (exact) mass is 632 g/mol. The molecule has 0 heterocycles. The summed E-state index contributed by atoms with van der Waals surface area (Å²) in [5, 5.41) is 9.57. The van der Waals surface area contributed by atoms with Crippen molar-refractivity contribution < 1.29 is 14.3 Å². The Labute approximate surface area is 284 Å². The molecule has 0 radical (unpaired) electrons. The Morgan fingerprint density at radius 1 is 0.510 bits per heavy atom. The van der Waals surface area contributed by atoms with Crippen molar-refractivity contribution >= 4 is 49.1 Å². The van der Waals surface area contributed by atoms with E-state index >= 15 is 0 Å². The van der Waals surface area contributed by atoms with Crippen LogP contribution in [0, 0.1) is 0 Å². The van der Waals surface area contributed by atoms with E-state index in [1.807, 2.05) is 6.07 Å². The van der Waals surface area contributed by atoms with Gasteiger partial charge in [-0.25, -0.2) is 4.79 Å². The fourth-order valence-corrected chi connectivity index (χ4v) is 7.81. The first-order valence-electron chi connectivity index (χ1n) is 16.6. The van der Waals surface area contributed by atoms with E-state index in [1.54, 1.807) is 0 Å². The van der Waals surface area contributed by atoms with Gasteiger partial charge in [-0.15, -0.1) is 0 Å². The highest BCUT2D eigenvalue weighted by atomic mass is 16.6. The molecule has 8 aromatic carbocycles. The smallest absolute Gasteiger partial charge is 0.330 e. The van der Waals surface area contributed by atoms with Crippen LogP contribution in [0.1, 0.15) is 22.3 Å². The summed E-state index contributed by atoms with van der Waals surface area (Å²) < 4.78 is 11.0. The number of hydrogen-bond acceptors (Lipinski definition) is 3. The molecule has 234 valence electrons. The summed E-state index contributed by atoms with van der Waals surface area (Å²) in [5.41, 5.74) is 7.01. The number of carbonyl (C=O) groups excluding carboxylic acids is 1. The van der Waals surface area contributed by atoms with Gasteiger partial charge < -0.3 is 9.47 Å². The third-order valence-corrected chi connectivity index (χ3v) is 10.1. The van der Waals surface area contributed by atoms with E-state index in [-0.39, 0.29) is 13.2 Å². The molecule has 0 atom stereocenters. The second-order valence-corrected chi connectivity index (χ2v) is 12.7. The average Bonchev–Trinajstić information content (AvgIpc) is 3.42. The zero-order valence-corrected chi connectivity index (χ0v) is 26.9. The van der Waals surface area contributed by atoms with Gasteiger partial charge in [0.2, 0.25) is 0 Å². The van der Waals surface area contributed by atoms with Gasteiger partial charge in [-0.2, -0.15) is 0 Å². The fraction of sp³-hybridized carbons (Fsp3) is 0.0652. The maximum Gasteiger partial charge on any atom is 0.330 e. The van der Waals surface area contributed by atoms with Crippen LogP contribution in [-0.4, -0.2) is 19.2 Å². The second kappa shape index (κ2) is 11.5. The molecular weight excluding hydrogens is 601 g/mol. The van der Waals surface area contributed by atoms with Crippen LogP contribution in [-0.2, 0) is 14.9 Å². The number of hydrogen-bond donors (Lipinski definition) is 0. The van der Waals surface area contributed by atoms with Gasteiger partial charge >= 0.3 is 5.97 Å². The third kappa shape index (κ3) is 4.69. The van der Waals surface area contributed by atoms with Gasteiger partial charge in [-0.3, -0.25) is 0 Å². The molecular formula is C46H32O3. The number of benzene rings is 8. The van der Waals surface area contributed by atoms with Crippen molar-refractivity contribution in [1.82, 2.24) is 0 Å². The van der Waals surface area contributed by atoms with Crippen molar-refractivity contribution in [2.45, 2.75) is 5.41 Å². The van der Waals surface area contributed by atoms with E-state index in [9.17, 15) is 4.79 Å². The van der Waals surface area contributed by atoms with Crippen molar-refractivity contribution in [3.05, 3.63) is 187 Å². The van der Waals surface area contributed by atoms with Crippen LogP contribution in [0.25, 0.3) is 54.2 Å². The van der Waals surface area contributed by atoms with E-state index < -0.39 is 11.4 Å². The van der Waals surface area contributed by atoms with Gasteiger partial charge in [0.1, 0.15) is 19.0 Å². The van der Waals surface area contributed by atoms with Gasteiger partial charge in [0.15, 0.2) is 0 Å². The minimum absolute atomic E-state index is 0.165. The number of rotatable bonds is 7. The first kappa shape index (κ1) is 29.0. The van der Waals surface area contributed by atoms with Crippen molar-refractivity contribution in [3.63, 3.8) is 0 Å². The molecule has 0 unspecified atom stereocenters. The van der Waals surface area contributed by atoms with Gasteiger partial charge in [-0.05, 0) is 125 Å². The van der Waals surface area contributed by atoms with Gasteiger partial charge in [0.05, 0.1) is 5.41 Å². The molecule has 8 aromatic rings.